The highest BCUT2D eigenvalue weighted by atomic mass is 32.1. The first kappa shape index (κ1) is 40.7. The largest absolute Gasteiger partial charge is 0.310 e. The highest BCUT2D eigenvalue weighted by molar-refractivity contribution is 7.26. The summed E-state index contributed by atoms with van der Waals surface area (Å²) in [4.78, 5) is 15.8. The van der Waals surface area contributed by atoms with Gasteiger partial charge in [-0.1, -0.05) is 195 Å². The van der Waals surface area contributed by atoms with Crippen molar-refractivity contribution in [2.75, 3.05) is 0 Å². The van der Waals surface area contributed by atoms with Gasteiger partial charge in [-0.25, -0.2) is 15.0 Å². The summed E-state index contributed by atoms with van der Waals surface area (Å²) in [6.07, 6.45) is 5.90. The molecular weight excluding hydrogens is 857 g/mol. The van der Waals surface area contributed by atoms with E-state index in [1.54, 1.807) is 0 Å². The molecule has 3 aromatic heterocycles. The van der Waals surface area contributed by atoms with E-state index in [0.717, 1.165) is 51.1 Å². The minimum Gasteiger partial charge on any atom is -0.310 e. The molecule has 69 heavy (non-hydrogen) atoms. The van der Waals surface area contributed by atoms with Gasteiger partial charge >= 0.3 is 0 Å². The molecule has 13 rings (SSSR count). The van der Waals surface area contributed by atoms with Crippen LogP contribution in [0, 0.1) is 5.92 Å². The van der Waals surface area contributed by atoms with E-state index in [1.807, 2.05) is 29.5 Å². The van der Waals surface area contributed by atoms with Crippen LogP contribution < -0.4 is 10.6 Å². The van der Waals surface area contributed by atoms with Gasteiger partial charge in [0.25, 0.3) is 0 Å². The Bertz CT molecular complexity index is 4060. The molecule has 0 N–H and O–H groups in total. The van der Waals surface area contributed by atoms with E-state index < -0.39 is 0 Å². The van der Waals surface area contributed by atoms with Crippen LogP contribution in [0.5, 0.6) is 0 Å². The molecule has 1 aliphatic rings. The topological polar surface area (TPSA) is 43.6 Å². The molecule has 5 heteroatoms. The lowest BCUT2D eigenvalue weighted by molar-refractivity contribution is 0.793. The third kappa shape index (κ3) is 7.36. The minimum atomic E-state index is 0.409. The average molecular weight is 901 g/mol. The van der Waals surface area contributed by atoms with Gasteiger partial charge in [0.15, 0.2) is 17.5 Å². The van der Waals surface area contributed by atoms with Gasteiger partial charge in [0.2, 0.25) is 0 Å². The summed E-state index contributed by atoms with van der Waals surface area (Å²) in [5.74, 6) is 2.27. The first-order valence-corrected chi connectivity index (χ1v) is 24.5. The lowest BCUT2D eigenvalue weighted by atomic mass is 9.97. The van der Waals surface area contributed by atoms with Crippen molar-refractivity contribution in [3.8, 4) is 84.4 Å². The van der Waals surface area contributed by atoms with Gasteiger partial charge in [-0.05, 0) is 99.3 Å². The van der Waals surface area contributed by atoms with Crippen LogP contribution in [0.2, 0.25) is 0 Å². The number of fused-ring (bicyclic) bond motifs is 6. The Hall–Kier alpha value is -8.51. The Labute approximate surface area is 404 Å². The number of hydrogen-bond acceptors (Lipinski definition) is 4. The predicted molar refractivity (Wildman–Crippen MR) is 290 cm³/mol. The number of benzene rings is 9. The predicted octanol–water partition coefficient (Wildman–Crippen LogP) is 15.5. The molecule has 1 aliphatic carbocycles. The molecule has 0 spiro atoms. The summed E-state index contributed by atoms with van der Waals surface area (Å²) in [5, 5.41) is 6.40. The second-order valence-electron chi connectivity index (χ2n) is 18.0. The summed E-state index contributed by atoms with van der Waals surface area (Å²) >= 11 is 1.88. The zero-order valence-electron chi connectivity index (χ0n) is 37.9. The van der Waals surface area contributed by atoms with Gasteiger partial charge in [-0.3, -0.25) is 0 Å². The zero-order chi connectivity index (χ0) is 45.8. The number of nitrogens with zero attached hydrogens (tertiary/aromatic N) is 4. The second-order valence-corrected chi connectivity index (χ2v) is 19.1. The van der Waals surface area contributed by atoms with Crippen molar-refractivity contribution in [1.29, 1.82) is 0 Å². The van der Waals surface area contributed by atoms with E-state index in [9.17, 15) is 0 Å². The fourth-order valence-corrected chi connectivity index (χ4v) is 11.4. The third-order valence-corrected chi connectivity index (χ3v) is 14.8. The molecule has 0 bridgehead atoms. The van der Waals surface area contributed by atoms with Crippen LogP contribution >= 0.6 is 11.3 Å². The maximum Gasteiger partial charge on any atom is 0.164 e. The zero-order valence-corrected chi connectivity index (χ0v) is 38.7. The molecule has 0 aliphatic heterocycles. The lowest BCUT2D eigenvalue weighted by Gasteiger charge is -2.16. The third-order valence-electron chi connectivity index (χ3n) is 13.6. The van der Waals surface area contributed by atoms with Crippen LogP contribution in [0.3, 0.4) is 0 Å². The van der Waals surface area contributed by atoms with Crippen molar-refractivity contribution >= 4 is 54.6 Å². The Morgan fingerprint density at radius 2 is 1.01 bits per heavy atom. The lowest BCUT2D eigenvalue weighted by Crippen LogP contribution is -2.31. The molecule has 1 atom stereocenters. The second kappa shape index (κ2) is 17.0. The van der Waals surface area contributed by atoms with Gasteiger partial charge in [-0.2, -0.15) is 0 Å². The van der Waals surface area contributed by atoms with Crippen LogP contribution in [0.4, 0.5) is 0 Å². The fourth-order valence-electron chi connectivity index (χ4n) is 10.2. The molecular formula is C64H44N4S. The Morgan fingerprint density at radius 1 is 0.420 bits per heavy atom. The van der Waals surface area contributed by atoms with E-state index in [1.165, 1.54) is 63.9 Å². The summed E-state index contributed by atoms with van der Waals surface area (Å²) in [7, 11) is 0. The van der Waals surface area contributed by atoms with Crippen LogP contribution in [0.25, 0.3) is 128 Å². The average Bonchev–Trinajstić information content (AvgIpc) is 3.96. The molecule has 9 aromatic carbocycles. The fraction of sp³-hybridized carbons (Fsp3) is 0.0469. The molecule has 0 fully saturated rings. The highest BCUT2D eigenvalue weighted by Gasteiger charge is 2.21. The van der Waals surface area contributed by atoms with Gasteiger partial charge in [0, 0.05) is 53.2 Å². The van der Waals surface area contributed by atoms with E-state index >= 15 is 0 Å². The van der Waals surface area contributed by atoms with E-state index in [-0.39, 0.29) is 0 Å². The Kier molecular flexibility index (Phi) is 10.0. The standard InChI is InChI=1S/C64H44N4S/c1-41-30-33-52-53-34-31-48(51-27-15-28-55-54-26-11-12-29-60(54)69-61(51)55)39-59(53)68(58(52)36-41)50-32-35-56(57(40-50)43-18-7-3-8-19-43)64-66-62(44-20-9-4-10-21-44)65-63(67-64)49-25-14-24-47(38-49)46-23-13-22-45(37-46)42-16-5-2-6-17-42/h2-29,31-41H,30H2,1H3. The van der Waals surface area contributed by atoms with Crippen molar-refractivity contribution in [2.45, 2.75) is 13.3 Å². The van der Waals surface area contributed by atoms with E-state index in [2.05, 4.69) is 224 Å². The minimum absolute atomic E-state index is 0.409. The first-order valence-electron chi connectivity index (χ1n) is 23.6. The maximum atomic E-state index is 5.35. The van der Waals surface area contributed by atoms with Crippen LogP contribution in [0.15, 0.2) is 218 Å². The monoisotopic (exact) mass is 900 g/mol. The molecule has 12 aromatic rings. The first-order chi connectivity index (χ1) is 34.1. The Morgan fingerprint density at radius 3 is 1.78 bits per heavy atom. The molecule has 3 heterocycles. The molecule has 1 unspecified atom stereocenters. The van der Waals surface area contributed by atoms with Crippen molar-refractivity contribution < 1.29 is 0 Å². The van der Waals surface area contributed by atoms with E-state index in [0.29, 0.717) is 23.4 Å². The highest BCUT2D eigenvalue weighted by Crippen LogP contribution is 2.41. The van der Waals surface area contributed by atoms with Crippen LogP contribution in [0.1, 0.15) is 13.3 Å². The smallest absolute Gasteiger partial charge is 0.164 e. The summed E-state index contributed by atoms with van der Waals surface area (Å²) in [5.41, 5.74) is 14.2. The summed E-state index contributed by atoms with van der Waals surface area (Å²) in [6, 6.07) is 78.1. The van der Waals surface area contributed by atoms with Gasteiger partial charge in [0.05, 0.1) is 10.9 Å². The summed E-state index contributed by atoms with van der Waals surface area (Å²) in [6.45, 7) is 2.31. The molecule has 0 amide bonds. The number of aromatic nitrogens is 4. The normalized spacial score (nSPS) is 13.3. The van der Waals surface area contributed by atoms with Gasteiger partial charge < -0.3 is 4.57 Å². The maximum absolute atomic E-state index is 5.35. The van der Waals surface area contributed by atoms with Crippen molar-refractivity contribution in [3.05, 3.63) is 229 Å². The van der Waals surface area contributed by atoms with Gasteiger partial charge in [-0.15, -0.1) is 11.3 Å². The number of hydrogen-bond donors (Lipinski definition) is 0. The molecule has 0 saturated heterocycles. The van der Waals surface area contributed by atoms with Crippen LogP contribution in [-0.4, -0.2) is 19.5 Å². The van der Waals surface area contributed by atoms with E-state index in [4.69, 9.17) is 15.0 Å². The SMILES string of the molecule is CC1C=c2c(c3ccc(-c4cccc5c4sc4ccccc45)cc3n2-c2ccc(-c3nc(-c4ccccc4)nc(-c4cccc(-c5cccc(-c6ccccc6)c5)c4)n3)c(-c3ccccc3)c2)=CC1. The Balaban J connectivity index is 0.989. The van der Waals surface area contributed by atoms with Crippen LogP contribution in [-0.2, 0) is 0 Å². The molecule has 4 nitrogen and oxygen atoms in total. The molecule has 0 saturated carbocycles. The quantitative estimate of drug-likeness (QED) is 0.153. The molecule has 0 radical (unpaired) electrons. The molecule has 326 valence electrons. The van der Waals surface area contributed by atoms with Crippen molar-refractivity contribution in [3.63, 3.8) is 0 Å². The number of rotatable bonds is 8. The number of thiophene rings is 1. The van der Waals surface area contributed by atoms with Crippen molar-refractivity contribution in [2.24, 2.45) is 5.92 Å². The van der Waals surface area contributed by atoms with Crippen molar-refractivity contribution in [1.82, 2.24) is 19.5 Å². The summed E-state index contributed by atoms with van der Waals surface area (Å²) < 4.78 is 5.11. The van der Waals surface area contributed by atoms with Gasteiger partial charge in [0.1, 0.15) is 0 Å².